The third kappa shape index (κ3) is 3.20. The first-order valence-electron chi connectivity index (χ1n) is 7.58. The maximum atomic E-state index is 9.26. The fourth-order valence-electron chi connectivity index (χ4n) is 2.90. The second-order valence-electron chi connectivity index (χ2n) is 5.91. The molecule has 0 aliphatic heterocycles. The molecule has 1 saturated carbocycles. The Balaban J connectivity index is 1.88. The minimum atomic E-state index is 0.189. The van der Waals surface area contributed by atoms with Gasteiger partial charge in [0.1, 0.15) is 5.15 Å². The third-order valence-corrected chi connectivity index (χ3v) is 4.68. The summed E-state index contributed by atoms with van der Waals surface area (Å²) in [6.45, 7) is 3.71. The van der Waals surface area contributed by atoms with Crippen LogP contribution in [0.2, 0.25) is 5.15 Å². The maximum Gasteiger partial charge on any atom is 0.134 e. The van der Waals surface area contributed by atoms with E-state index < -0.39 is 0 Å². The second-order valence-corrected chi connectivity index (χ2v) is 6.27. The predicted octanol–water partition coefficient (Wildman–Crippen LogP) is 3.54. The lowest BCUT2D eigenvalue weighted by molar-refractivity contribution is 0.0945. The number of aliphatic hydroxyl groups excluding tert-OH is 1. The molecule has 0 radical (unpaired) electrons. The summed E-state index contributed by atoms with van der Waals surface area (Å²) in [6.07, 6.45) is 3.73. The molecule has 0 atom stereocenters. The number of aliphatic hydroxyl groups is 1. The summed E-state index contributed by atoms with van der Waals surface area (Å²) >= 11 is 6.37. The summed E-state index contributed by atoms with van der Waals surface area (Å²) < 4.78 is 0. The molecule has 0 amide bonds. The first kappa shape index (κ1) is 14.8. The lowest BCUT2D eigenvalue weighted by Gasteiger charge is -2.37. The van der Waals surface area contributed by atoms with Gasteiger partial charge >= 0.3 is 0 Å². The van der Waals surface area contributed by atoms with Gasteiger partial charge in [-0.2, -0.15) is 0 Å². The molecule has 112 valence electrons. The van der Waals surface area contributed by atoms with Crippen molar-refractivity contribution in [1.29, 1.82) is 0 Å². The molecule has 1 aliphatic rings. The Bertz CT molecular complexity index is 640. The maximum absolute atomic E-state index is 9.26. The van der Waals surface area contributed by atoms with E-state index in [-0.39, 0.29) is 6.61 Å². The number of hydrogen-bond donors (Lipinski definition) is 1. The second kappa shape index (κ2) is 6.30. The summed E-state index contributed by atoms with van der Waals surface area (Å²) in [6, 6.07) is 8.97. The van der Waals surface area contributed by atoms with Gasteiger partial charge < -0.3 is 5.11 Å². The normalized spacial score (nSPS) is 15.6. The Morgan fingerprint density at radius 3 is 2.81 bits per heavy atom. The van der Waals surface area contributed by atoms with Crippen LogP contribution in [0.5, 0.6) is 0 Å². The van der Waals surface area contributed by atoms with Crippen LogP contribution >= 0.6 is 11.6 Å². The molecule has 0 bridgehead atoms. The van der Waals surface area contributed by atoms with Crippen molar-refractivity contribution in [2.45, 2.75) is 38.8 Å². The average Bonchev–Trinajstić information content (AvgIpc) is 2.38. The summed E-state index contributed by atoms with van der Waals surface area (Å²) in [5, 5.41) is 11.0. The Labute approximate surface area is 130 Å². The number of aromatic nitrogens is 1. The fourth-order valence-corrected chi connectivity index (χ4v) is 3.10. The van der Waals surface area contributed by atoms with Gasteiger partial charge in [-0.25, -0.2) is 4.98 Å². The molecule has 1 aliphatic carbocycles. The molecule has 0 saturated heterocycles. The number of benzene rings is 1. The van der Waals surface area contributed by atoms with Gasteiger partial charge in [-0.3, -0.25) is 4.90 Å². The van der Waals surface area contributed by atoms with Crippen LogP contribution in [-0.4, -0.2) is 34.2 Å². The number of nitrogens with zero attached hydrogens (tertiary/aromatic N) is 2. The van der Waals surface area contributed by atoms with E-state index in [4.69, 9.17) is 11.6 Å². The van der Waals surface area contributed by atoms with Gasteiger partial charge in [-0.15, -0.1) is 0 Å². The molecule has 1 N–H and O–H groups in total. The first-order chi connectivity index (χ1) is 10.2. The van der Waals surface area contributed by atoms with Gasteiger partial charge in [-0.1, -0.05) is 30.2 Å². The average molecular weight is 305 g/mol. The van der Waals surface area contributed by atoms with Crippen molar-refractivity contribution < 1.29 is 5.11 Å². The van der Waals surface area contributed by atoms with Gasteiger partial charge in [0.25, 0.3) is 0 Å². The Kier molecular flexibility index (Phi) is 4.43. The number of aryl methyl sites for hydroxylation is 1. The fraction of sp³-hybridized carbons (Fsp3) is 0.471. The summed E-state index contributed by atoms with van der Waals surface area (Å²) in [5.74, 6) is 0. The van der Waals surface area contributed by atoms with Crippen LogP contribution in [0.4, 0.5) is 0 Å². The quantitative estimate of drug-likeness (QED) is 0.858. The summed E-state index contributed by atoms with van der Waals surface area (Å²) in [4.78, 5) is 6.85. The largest absolute Gasteiger partial charge is 0.395 e. The van der Waals surface area contributed by atoms with Crippen molar-refractivity contribution in [3.05, 3.63) is 40.5 Å². The Morgan fingerprint density at radius 2 is 2.14 bits per heavy atom. The molecule has 0 unspecified atom stereocenters. The molecule has 2 aromatic rings. The molecular weight excluding hydrogens is 284 g/mol. The first-order valence-corrected chi connectivity index (χ1v) is 7.96. The van der Waals surface area contributed by atoms with Gasteiger partial charge in [0.05, 0.1) is 12.1 Å². The van der Waals surface area contributed by atoms with Gasteiger partial charge in [0, 0.05) is 30.1 Å². The highest BCUT2D eigenvalue weighted by molar-refractivity contribution is 6.30. The monoisotopic (exact) mass is 304 g/mol. The number of fused-ring (bicyclic) bond motifs is 1. The van der Waals surface area contributed by atoms with E-state index in [1.165, 1.54) is 24.8 Å². The SMILES string of the molecule is Cc1ccc2cc(CN(CCO)C3CCC3)c(Cl)nc2c1. The van der Waals surface area contributed by atoms with E-state index in [0.29, 0.717) is 17.7 Å². The van der Waals surface area contributed by atoms with Crippen molar-refractivity contribution in [3.63, 3.8) is 0 Å². The van der Waals surface area contributed by atoms with Crippen LogP contribution in [0, 0.1) is 6.92 Å². The Morgan fingerprint density at radius 1 is 1.33 bits per heavy atom. The highest BCUT2D eigenvalue weighted by Gasteiger charge is 2.25. The van der Waals surface area contributed by atoms with Crippen LogP contribution in [0.1, 0.15) is 30.4 Å². The van der Waals surface area contributed by atoms with E-state index in [2.05, 4.69) is 41.1 Å². The molecule has 0 spiro atoms. The highest BCUT2D eigenvalue weighted by Crippen LogP contribution is 2.28. The molecule has 1 aromatic carbocycles. The zero-order valence-electron chi connectivity index (χ0n) is 12.3. The standard InChI is InChI=1S/C17H21ClN2O/c1-12-5-6-13-10-14(17(18)19-16(13)9-12)11-20(7-8-21)15-3-2-4-15/h5-6,9-10,15,21H,2-4,7-8,11H2,1H3. The van der Waals surface area contributed by atoms with Crippen LogP contribution < -0.4 is 0 Å². The molecule has 3 nitrogen and oxygen atoms in total. The smallest absolute Gasteiger partial charge is 0.134 e. The number of rotatable bonds is 5. The van der Waals surface area contributed by atoms with Crippen molar-refractivity contribution in [1.82, 2.24) is 9.88 Å². The lowest BCUT2D eigenvalue weighted by Crippen LogP contribution is -2.41. The highest BCUT2D eigenvalue weighted by atomic mass is 35.5. The summed E-state index contributed by atoms with van der Waals surface area (Å²) in [7, 11) is 0. The summed E-state index contributed by atoms with van der Waals surface area (Å²) in [5.41, 5.74) is 3.18. The van der Waals surface area contributed by atoms with Crippen LogP contribution in [-0.2, 0) is 6.54 Å². The zero-order valence-corrected chi connectivity index (χ0v) is 13.1. The number of halogens is 1. The van der Waals surface area contributed by atoms with Gasteiger partial charge in [0.2, 0.25) is 0 Å². The zero-order chi connectivity index (χ0) is 14.8. The molecule has 1 fully saturated rings. The molecule has 4 heteroatoms. The molecule has 21 heavy (non-hydrogen) atoms. The van der Waals surface area contributed by atoms with Gasteiger partial charge in [-0.05, 0) is 37.5 Å². The van der Waals surface area contributed by atoms with Crippen molar-refractivity contribution >= 4 is 22.5 Å². The van der Waals surface area contributed by atoms with E-state index in [1.54, 1.807) is 0 Å². The molecule has 1 aromatic heterocycles. The third-order valence-electron chi connectivity index (χ3n) is 4.35. The van der Waals surface area contributed by atoms with E-state index >= 15 is 0 Å². The number of hydrogen-bond acceptors (Lipinski definition) is 3. The minimum absolute atomic E-state index is 0.189. The van der Waals surface area contributed by atoms with Crippen molar-refractivity contribution in [2.24, 2.45) is 0 Å². The Hall–Kier alpha value is -1.16. The van der Waals surface area contributed by atoms with Crippen LogP contribution in [0.25, 0.3) is 10.9 Å². The molecule has 3 rings (SSSR count). The lowest BCUT2D eigenvalue weighted by atomic mass is 9.91. The van der Waals surface area contributed by atoms with Gasteiger partial charge in [0.15, 0.2) is 0 Å². The van der Waals surface area contributed by atoms with Crippen molar-refractivity contribution in [3.8, 4) is 0 Å². The minimum Gasteiger partial charge on any atom is -0.395 e. The van der Waals surface area contributed by atoms with Crippen molar-refractivity contribution in [2.75, 3.05) is 13.2 Å². The molecule has 1 heterocycles. The predicted molar refractivity (Wildman–Crippen MR) is 86.6 cm³/mol. The van der Waals surface area contributed by atoms with Crippen LogP contribution in [0.15, 0.2) is 24.3 Å². The topological polar surface area (TPSA) is 36.4 Å². The molecular formula is C17H21ClN2O. The number of pyridine rings is 1. The van der Waals surface area contributed by atoms with E-state index in [9.17, 15) is 5.11 Å². The van der Waals surface area contributed by atoms with Crippen LogP contribution in [0.3, 0.4) is 0 Å². The van der Waals surface area contributed by atoms with E-state index in [1.807, 2.05) is 0 Å². The van der Waals surface area contributed by atoms with E-state index in [0.717, 1.165) is 23.0 Å².